The van der Waals surface area contributed by atoms with Gasteiger partial charge in [0.2, 0.25) is 11.8 Å². The summed E-state index contributed by atoms with van der Waals surface area (Å²) in [6.07, 6.45) is 3.05. The Balaban J connectivity index is 2.00. The Morgan fingerprint density at radius 2 is 1.70 bits per heavy atom. The summed E-state index contributed by atoms with van der Waals surface area (Å²) in [7, 11) is 0. The zero-order valence-corrected chi connectivity index (χ0v) is 13.8. The number of rotatable bonds is 4. The summed E-state index contributed by atoms with van der Waals surface area (Å²) in [5, 5.41) is 6.23. The van der Waals surface area contributed by atoms with Crippen LogP contribution in [0.4, 0.5) is 11.4 Å². The molecule has 0 heterocycles. The van der Waals surface area contributed by atoms with E-state index in [0.29, 0.717) is 21.4 Å². The van der Waals surface area contributed by atoms with Crippen LogP contribution in [-0.4, -0.2) is 11.8 Å². The van der Waals surface area contributed by atoms with Crippen LogP contribution in [0.2, 0.25) is 10.0 Å². The minimum atomic E-state index is -0.319. The molecular weight excluding hydrogens is 335 g/mol. The van der Waals surface area contributed by atoms with E-state index in [1.165, 1.54) is 13.0 Å². The molecule has 0 atom stereocenters. The van der Waals surface area contributed by atoms with Crippen molar-refractivity contribution in [1.29, 1.82) is 0 Å². The van der Waals surface area contributed by atoms with Crippen molar-refractivity contribution in [3.8, 4) is 0 Å². The number of halogens is 2. The van der Waals surface area contributed by atoms with Gasteiger partial charge in [-0.1, -0.05) is 35.3 Å². The Kier molecular flexibility index (Phi) is 5.79. The number of carbonyl (C=O) groups excluding carboxylic acids is 2. The third-order valence-corrected chi connectivity index (χ3v) is 3.41. The third kappa shape index (κ3) is 5.43. The lowest BCUT2D eigenvalue weighted by molar-refractivity contribution is -0.114. The third-order valence-electron chi connectivity index (χ3n) is 2.84. The van der Waals surface area contributed by atoms with Gasteiger partial charge in [-0.15, -0.1) is 0 Å². The van der Waals surface area contributed by atoms with Gasteiger partial charge in [-0.25, -0.2) is 0 Å². The van der Waals surface area contributed by atoms with Crippen LogP contribution in [0.5, 0.6) is 0 Å². The number of hydrogen-bond acceptors (Lipinski definition) is 2. The van der Waals surface area contributed by atoms with Gasteiger partial charge in [0.1, 0.15) is 0 Å². The molecule has 0 aliphatic carbocycles. The molecule has 0 radical (unpaired) electrons. The van der Waals surface area contributed by atoms with Gasteiger partial charge in [0.15, 0.2) is 0 Å². The zero-order chi connectivity index (χ0) is 16.8. The number of hydrogen-bond donors (Lipinski definition) is 2. The van der Waals surface area contributed by atoms with E-state index in [1.807, 2.05) is 0 Å². The standard InChI is InChI=1S/C17H14Cl2N2O2/c1-11(22)20-14-6-2-12(3-7-14)4-9-17(23)21-16-10-13(18)5-8-15(16)19/h2-10H,1H3,(H,20,22)(H,21,23)/b9-4+. The van der Waals surface area contributed by atoms with Gasteiger partial charge in [-0.05, 0) is 42.0 Å². The zero-order valence-electron chi connectivity index (χ0n) is 12.3. The van der Waals surface area contributed by atoms with Crippen molar-refractivity contribution in [2.45, 2.75) is 6.92 Å². The minimum absolute atomic E-state index is 0.133. The Labute approximate surface area is 144 Å². The van der Waals surface area contributed by atoms with Crippen molar-refractivity contribution in [2.75, 3.05) is 10.6 Å². The summed E-state index contributed by atoms with van der Waals surface area (Å²) < 4.78 is 0. The fourth-order valence-corrected chi connectivity index (χ4v) is 2.16. The van der Waals surface area contributed by atoms with Crippen molar-refractivity contribution >= 4 is 52.5 Å². The van der Waals surface area contributed by atoms with Crippen molar-refractivity contribution in [3.05, 3.63) is 64.1 Å². The second-order valence-corrected chi connectivity index (χ2v) is 5.59. The summed E-state index contributed by atoms with van der Waals surface area (Å²) >= 11 is 11.9. The summed E-state index contributed by atoms with van der Waals surface area (Å²) in [6.45, 7) is 1.44. The second-order valence-electron chi connectivity index (χ2n) is 4.75. The molecule has 0 aliphatic rings. The van der Waals surface area contributed by atoms with Gasteiger partial charge in [-0.3, -0.25) is 9.59 Å². The van der Waals surface area contributed by atoms with E-state index in [4.69, 9.17) is 23.2 Å². The molecule has 0 spiro atoms. The number of carbonyl (C=O) groups is 2. The molecule has 0 saturated carbocycles. The Morgan fingerprint density at radius 1 is 1.00 bits per heavy atom. The first-order valence-electron chi connectivity index (χ1n) is 6.76. The molecule has 0 fully saturated rings. The summed E-state index contributed by atoms with van der Waals surface area (Å²) in [5.74, 6) is -0.453. The highest BCUT2D eigenvalue weighted by atomic mass is 35.5. The number of benzene rings is 2. The molecule has 0 saturated heterocycles. The van der Waals surface area contributed by atoms with Crippen LogP contribution in [0.3, 0.4) is 0 Å². The summed E-state index contributed by atoms with van der Waals surface area (Å²) in [4.78, 5) is 22.8. The topological polar surface area (TPSA) is 58.2 Å². The Hall–Kier alpha value is -2.30. The Bertz CT molecular complexity index is 756. The fourth-order valence-electron chi connectivity index (χ4n) is 1.82. The van der Waals surface area contributed by atoms with E-state index < -0.39 is 0 Å². The SMILES string of the molecule is CC(=O)Nc1ccc(/C=C/C(=O)Nc2cc(Cl)ccc2Cl)cc1. The molecule has 0 aromatic heterocycles. The van der Waals surface area contributed by atoms with Gasteiger partial charge in [0.05, 0.1) is 10.7 Å². The van der Waals surface area contributed by atoms with Crippen LogP contribution in [0.25, 0.3) is 6.08 Å². The highest BCUT2D eigenvalue weighted by Crippen LogP contribution is 2.25. The molecule has 118 valence electrons. The van der Waals surface area contributed by atoms with Crippen molar-refractivity contribution in [3.63, 3.8) is 0 Å². The van der Waals surface area contributed by atoms with Crippen LogP contribution in [0.1, 0.15) is 12.5 Å². The molecule has 2 amide bonds. The van der Waals surface area contributed by atoms with Gasteiger partial charge >= 0.3 is 0 Å². The summed E-state index contributed by atoms with van der Waals surface area (Å²) in [5.41, 5.74) is 1.98. The van der Waals surface area contributed by atoms with E-state index in [2.05, 4.69) is 10.6 Å². The van der Waals surface area contributed by atoms with Crippen molar-refractivity contribution in [1.82, 2.24) is 0 Å². The fraction of sp³-hybridized carbons (Fsp3) is 0.0588. The van der Waals surface area contributed by atoms with Gasteiger partial charge in [0.25, 0.3) is 0 Å². The normalized spacial score (nSPS) is 10.6. The van der Waals surface area contributed by atoms with Crippen LogP contribution in [-0.2, 0) is 9.59 Å². The van der Waals surface area contributed by atoms with E-state index in [-0.39, 0.29) is 11.8 Å². The smallest absolute Gasteiger partial charge is 0.248 e. The lowest BCUT2D eigenvalue weighted by Crippen LogP contribution is -2.08. The lowest BCUT2D eigenvalue weighted by atomic mass is 10.2. The number of nitrogens with one attached hydrogen (secondary N) is 2. The minimum Gasteiger partial charge on any atom is -0.326 e. The van der Waals surface area contributed by atoms with Gasteiger partial charge in [0, 0.05) is 23.7 Å². The maximum atomic E-state index is 11.9. The predicted molar refractivity (Wildman–Crippen MR) is 94.9 cm³/mol. The predicted octanol–water partition coefficient (Wildman–Crippen LogP) is 4.60. The summed E-state index contributed by atoms with van der Waals surface area (Å²) in [6, 6.07) is 11.9. The molecule has 2 rings (SSSR count). The first-order valence-corrected chi connectivity index (χ1v) is 7.51. The Morgan fingerprint density at radius 3 is 2.35 bits per heavy atom. The molecule has 0 unspecified atom stereocenters. The molecular formula is C17H14Cl2N2O2. The number of anilines is 2. The molecule has 4 nitrogen and oxygen atoms in total. The highest BCUT2D eigenvalue weighted by molar-refractivity contribution is 6.35. The van der Waals surface area contributed by atoms with Crippen LogP contribution >= 0.6 is 23.2 Å². The van der Waals surface area contributed by atoms with Gasteiger partial charge < -0.3 is 10.6 Å². The first kappa shape index (κ1) is 17.1. The average molecular weight is 349 g/mol. The van der Waals surface area contributed by atoms with Crippen LogP contribution < -0.4 is 10.6 Å². The van der Waals surface area contributed by atoms with Crippen molar-refractivity contribution < 1.29 is 9.59 Å². The van der Waals surface area contributed by atoms with E-state index >= 15 is 0 Å². The lowest BCUT2D eigenvalue weighted by Gasteiger charge is -2.05. The largest absolute Gasteiger partial charge is 0.326 e. The van der Waals surface area contributed by atoms with E-state index in [0.717, 1.165) is 5.56 Å². The molecule has 2 aromatic carbocycles. The maximum absolute atomic E-state index is 11.9. The van der Waals surface area contributed by atoms with E-state index in [9.17, 15) is 9.59 Å². The molecule has 6 heteroatoms. The van der Waals surface area contributed by atoms with Gasteiger partial charge in [-0.2, -0.15) is 0 Å². The highest BCUT2D eigenvalue weighted by Gasteiger charge is 2.04. The average Bonchev–Trinajstić information content (AvgIpc) is 2.50. The quantitative estimate of drug-likeness (QED) is 0.793. The molecule has 0 aliphatic heterocycles. The number of amides is 2. The first-order chi connectivity index (χ1) is 10.9. The molecule has 23 heavy (non-hydrogen) atoms. The van der Waals surface area contributed by atoms with E-state index in [1.54, 1.807) is 48.5 Å². The van der Waals surface area contributed by atoms with Crippen LogP contribution in [0, 0.1) is 0 Å². The second kappa shape index (κ2) is 7.81. The molecule has 2 aromatic rings. The monoisotopic (exact) mass is 348 g/mol. The van der Waals surface area contributed by atoms with Crippen LogP contribution in [0.15, 0.2) is 48.5 Å². The molecule has 2 N–H and O–H groups in total. The maximum Gasteiger partial charge on any atom is 0.248 e. The van der Waals surface area contributed by atoms with Crippen molar-refractivity contribution in [2.24, 2.45) is 0 Å². The molecule has 0 bridgehead atoms.